The molecule has 8 nitrogen and oxygen atoms in total. The Labute approximate surface area is 156 Å². The number of anilines is 2. The first-order chi connectivity index (χ1) is 13.0. The van der Waals surface area contributed by atoms with Gasteiger partial charge in [0.25, 0.3) is 11.8 Å². The van der Waals surface area contributed by atoms with Crippen LogP contribution in [0.25, 0.3) is 0 Å². The number of carbonyl (C=O) groups is 2. The first-order valence-electron chi connectivity index (χ1n) is 8.13. The molecule has 1 aliphatic heterocycles. The van der Waals surface area contributed by atoms with Gasteiger partial charge in [-0.15, -0.1) is 0 Å². The number of hydrogen-bond acceptors (Lipinski definition) is 6. The zero-order chi connectivity index (χ0) is 19.6. The van der Waals surface area contributed by atoms with Crippen LogP contribution in [0.5, 0.6) is 23.0 Å². The van der Waals surface area contributed by atoms with Crippen molar-refractivity contribution in [3.63, 3.8) is 0 Å². The first-order valence-corrected chi connectivity index (χ1v) is 8.13. The zero-order valence-electron chi connectivity index (χ0n) is 15.5. The predicted octanol–water partition coefficient (Wildman–Crippen LogP) is 2.32. The maximum Gasteiger partial charge on any atom is 0.264 e. The van der Waals surface area contributed by atoms with Gasteiger partial charge in [0.1, 0.15) is 5.75 Å². The molecule has 1 aliphatic rings. The Balaban J connectivity index is 1.89. The number of ether oxygens (including phenoxy) is 4. The average molecular weight is 372 g/mol. The van der Waals surface area contributed by atoms with Gasteiger partial charge in [0.15, 0.2) is 18.1 Å². The fourth-order valence-corrected chi connectivity index (χ4v) is 2.77. The Morgan fingerprint density at radius 2 is 1.74 bits per heavy atom. The number of benzene rings is 2. The fourth-order valence-electron chi connectivity index (χ4n) is 2.77. The highest BCUT2D eigenvalue weighted by Gasteiger charge is 2.23. The molecule has 0 unspecified atom stereocenters. The molecule has 0 fully saturated rings. The third-order valence-corrected chi connectivity index (χ3v) is 4.23. The van der Waals surface area contributed by atoms with Crippen LogP contribution in [0, 0.1) is 0 Å². The van der Waals surface area contributed by atoms with Gasteiger partial charge in [-0.05, 0) is 18.2 Å². The molecule has 3 rings (SSSR count). The lowest BCUT2D eigenvalue weighted by molar-refractivity contribution is -0.120. The van der Waals surface area contributed by atoms with E-state index in [9.17, 15) is 9.59 Å². The second kappa shape index (κ2) is 7.45. The summed E-state index contributed by atoms with van der Waals surface area (Å²) in [5.74, 6) is 1.32. The number of nitrogens with one attached hydrogen (secondary N) is 1. The van der Waals surface area contributed by atoms with Crippen molar-refractivity contribution in [3.05, 3.63) is 35.9 Å². The van der Waals surface area contributed by atoms with E-state index in [4.69, 9.17) is 18.9 Å². The van der Waals surface area contributed by atoms with Crippen LogP contribution >= 0.6 is 0 Å². The molecule has 0 radical (unpaired) electrons. The quantitative estimate of drug-likeness (QED) is 0.867. The van der Waals surface area contributed by atoms with E-state index in [1.807, 2.05) is 0 Å². The highest BCUT2D eigenvalue weighted by Crippen LogP contribution is 2.40. The lowest BCUT2D eigenvalue weighted by Crippen LogP contribution is -2.35. The lowest BCUT2D eigenvalue weighted by Gasteiger charge is -2.26. The van der Waals surface area contributed by atoms with E-state index in [1.165, 1.54) is 26.2 Å². The summed E-state index contributed by atoms with van der Waals surface area (Å²) in [6, 6.07) is 8.19. The van der Waals surface area contributed by atoms with Crippen molar-refractivity contribution < 1.29 is 28.5 Å². The zero-order valence-corrected chi connectivity index (χ0v) is 15.5. The van der Waals surface area contributed by atoms with E-state index in [2.05, 4.69) is 5.32 Å². The predicted molar refractivity (Wildman–Crippen MR) is 99.4 cm³/mol. The molecule has 0 saturated carbocycles. The molecule has 1 heterocycles. The van der Waals surface area contributed by atoms with Gasteiger partial charge in [0.05, 0.1) is 27.0 Å². The minimum absolute atomic E-state index is 0.0134. The number of likely N-dealkylation sites (N-methyl/N-ethyl adjacent to an activating group) is 1. The Bertz CT molecular complexity index is 871. The number of methoxy groups -OCH3 is 3. The van der Waals surface area contributed by atoms with Crippen LogP contribution in [-0.4, -0.2) is 46.8 Å². The van der Waals surface area contributed by atoms with E-state index in [1.54, 1.807) is 37.4 Å². The van der Waals surface area contributed by atoms with Crippen molar-refractivity contribution in [2.75, 3.05) is 45.2 Å². The van der Waals surface area contributed by atoms with Crippen LogP contribution < -0.4 is 29.2 Å². The van der Waals surface area contributed by atoms with Gasteiger partial charge in [0, 0.05) is 30.4 Å². The SMILES string of the molecule is COc1cc(NC(=O)c2ccc3c(c2)N(C)C(=O)CO3)cc(OC)c1OC. The van der Waals surface area contributed by atoms with Gasteiger partial charge in [0.2, 0.25) is 5.75 Å². The van der Waals surface area contributed by atoms with Crippen LogP contribution in [0.15, 0.2) is 30.3 Å². The molecule has 8 heteroatoms. The minimum atomic E-state index is -0.349. The monoisotopic (exact) mass is 372 g/mol. The van der Waals surface area contributed by atoms with Gasteiger partial charge in [-0.2, -0.15) is 0 Å². The number of amides is 2. The fraction of sp³-hybridized carbons (Fsp3) is 0.263. The van der Waals surface area contributed by atoms with Gasteiger partial charge < -0.3 is 29.2 Å². The summed E-state index contributed by atoms with van der Waals surface area (Å²) in [6.07, 6.45) is 0. The van der Waals surface area contributed by atoms with Crippen molar-refractivity contribution in [2.24, 2.45) is 0 Å². The molecule has 0 aliphatic carbocycles. The van der Waals surface area contributed by atoms with Gasteiger partial charge in [-0.3, -0.25) is 9.59 Å². The second-order valence-electron chi connectivity index (χ2n) is 5.79. The van der Waals surface area contributed by atoms with E-state index >= 15 is 0 Å². The average Bonchev–Trinajstić information content (AvgIpc) is 2.69. The molecule has 27 heavy (non-hydrogen) atoms. The molecule has 0 saturated heterocycles. The third-order valence-electron chi connectivity index (χ3n) is 4.23. The van der Waals surface area contributed by atoms with Crippen LogP contribution in [0.4, 0.5) is 11.4 Å². The van der Waals surface area contributed by atoms with Crippen LogP contribution in [0.1, 0.15) is 10.4 Å². The molecular weight excluding hydrogens is 352 g/mol. The normalized spacial score (nSPS) is 12.7. The maximum absolute atomic E-state index is 12.7. The van der Waals surface area contributed by atoms with Crippen molar-refractivity contribution in [2.45, 2.75) is 0 Å². The highest BCUT2D eigenvalue weighted by atomic mass is 16.5. The van der Waals surface area contributed by atoms with Gasteiger partial charge >= 0.3 is 0 Å². The molecule has 0 aromatic heterocycles. The maximum atomic E-state index is 12.7. The van der Waals surface area contributed by atoms with Crippen molar-refractivity contribution in [3.8, 4) is 23.0 Å². The van der Waals surface area contributed by atoms with Crippen molar-refractivity contribution >= 4 is 23.2 Å². The van der Waals surface area contributed by atoms with Gasteiger partial charge in [-0.1, -0.05) is 0 Å². The second-order valence-corrected chi connectivity index (χ2v) is 5.79. The van der Waals surface area contributed by atoms with E-state index in [-0.39, 0.29) is 18.4 Å². The Morgan fingerprint density at radius 1 is 1.07 bits per heavy atom. The molecule has 2 aromatic carbocycles. The van der Waals surface area contributed by atoms with E-state index < -0.39 is 0 Å². The van der Waals surface area contributed by atoms with Crippen molar-refractivity contribution in [1.29, 1.82) is 0 Å². The van der Waals surface area contributed by atoms with Crippen LogP contribution in [-0.2, 0) is 4.79 Å². The van der Waals surface area contributed by atoms with E-state index in [0.717, 1.165) is 0 Å². The number of fused-ring (bicyclic) bond motifs is 1. The molecule has 2 amide bonds. The lowest BCUT2D eigenvalue weighted by atomic mass is 10.1. The van der Waals surface area contributed by atoms with Crippen molar-refractivity contribution in [1.82, 2.24) is 0 Å². The molecule has 0 spiro atoms. The largest absolute Gasteiger partial charge is 0.493 e. The summed E-state index contributed by atoms with van der Waals surface area (Å²) >= 11 is 0. The van der Waals surface area contributed by atoms with Crippen LogP contribution in [0.2, 0.25) is 0 Å². The summed E-state index contributed by atoms with van der Waals surface area (Å²) in [7, 11) is 6.15. The Morgan fingerprint density at radius 3 is 2.33 bits per heavy atom. The molecular formula is C19H20N2O6. The molecule has 142 valence electrons. The number of nitrogens with zero attached hydrogens (tertiary/aromatic N) is 1. The number of rotatable bonds is 5. The molecule has 1 N–H and O–H groups in total. The summed E-state index contributed by atoms with van der Waals surface area (Å²) in [5.41, 5.74) is 1.41. The first kappa shape index (κ1) is 18.4. The Hall–Kier alpha value is -3.42. The summed E-state index contributed by atoms with van der Waals surface area (Å²) < 4.78 is 21.2. The van der Waals surface area contributed by atoms with Gasteiger partial charge in [-0.25, -0.2) is 0 Å². The minimum Gasteiger partial charge on any atom is -0.493 e. The highest BCUT2D eigenvalue weighted by molar-refractivity contribution is 6.06. The summed E-state index contributed by atoms with van der Waals surface area (Å²) in [4.78, 5) is 25.9. The standard InChI is InChI=1S/C19H20N2O6/c1-21-13-7-11(5-6-14(13)27-10-17(21)22)19(23)20-12-8-15(24-2)18(26-4)16(9-12)25-3/h5-9H,10H2,1-4H3,(H,20,23). The number of carbonyl (C=O) groups excluding carboxylic acids is 2. The Kier molecular flexibility index (Phi) is 5.07. The topological polar surface area (TPSA) is 86.3 Å². The van der Waals surface area contributed by atoms with E-state index in [0.29, 0.717) is 39.9 Å². The molecule has 0 atom stereocenters. The number of hydrogen-bond donors (Lipinski definition) is 1. The third kappa shape index (κ3) is 3.46. The summed E-state index contributed by atoms with van der Waals surface area (Å²) in [6.45, 7) is -0.0134. The van der Waals surface area contributed by atoms with Crippen LogP contribution in [0.3, 0.4) is 0 Å². The molecule has 0 bridgehead atoms. The summed E-state index contributed by atoms with van der Waals surface area (Å²) in [5, 5.41) is 2.79. The molecule has 2 aromatic rings. The smallest absolute Gasteiger partial charge is 0.264 e.